The average molecular weight is 290 g/mol. The number of carbonyl (C=O) groups is 2. The van der Waals surface area contributed by atoms with Crippen LogP contribution < -0.4 is 5.32 Å². The molecule has 0 aromatic heterocycles. The van der Waals surface area contributed by atoms with E-state index in [1.54, 1.807) is 17.0 Å². The van der Waals surface area contributed by atoms with E-state index in [9.17, 15) is 9.59 Å². The summed E-state index contributed by atoms with van der Waals surface area (Å²) in [6, 6.07) is 7.27. The molecule has 1 saturated heterocycles. The van der Waals surface area contributed by atoms with E-state index in [2.05, 4.69) is 5.32 Å². The minimum absolute atomic E-state index is 0.0200. The Balaban J connectivity index is 1.86. The summed E-state index contributed by atoms with van der Waals surface area (Å²) in [5.41, 5.74) is 1.66. The first-order chi connectivity index (χ1) is 9.95. The van der Waals surface area contributed by atoms with E-state index in [0.29, 0.717) is 18.7 Å². The number of aryl methyl sites for hydroxylation is 1. The minimum atomic E-state index is -0.224. The van der Waals surface area contributed by atoms with Gasteiger partial charge in [0.25, 0.3) is 5.91 Å². The van der Waals surface area contributed by atoms with Gasteiger partial charge >= 0.3 is 0 Å². The number of carbonyl (C=O) groups excluding carboxylic acids is 2. The van der Waals surface area contributed by atoms with E-state index >= 15 is 0 Å². The number of hydrogen-bond donors (Lipinski definition) is 1. The van der Waals surface area contributed by atoms with Crippen LogP contribution in [-0.4, -0.2) is 48.6 Å². The molecular weight excluding hydrogens is 268 g/mol. The van der Waals surface area contributed by atoms with Crippen LogP contribution in [0, 0.1) is 6.92 Å². The molecule has 1 N–H and O–H groups in total. The van der Waals surface area contributed by atoms with Gasteiger partial charge in [0.2, 0.25) is 5.91 Å². The van der Waals surface area contributed by atoms with Crippen molar-refractivity contribution in [2.75, 3.05) is 19.6 Å². The molecule has 1 aliphatic rings. The number of morpholine rings is 1. The summed E-state index contributed by atoms with van der Waals surface area (Å²) in [7, 11) is 0. The molecule has 2 atom stereocenters. The molecule has 1 heterocycles. The third-order valence-corrected chi connectivity index (χ3v) is 3.49. The molecule has 0 aliphatic carbocycles. The third kappa shape index (κ3) is 4.29. The molecule has 0 unspecified atom stereocenters. The second-order valence-electron chi connectivity index (χ2n) is 5.60. The molecule has 0 spiro atoms. The van der Waals surface area contributed by atoms with Crippen molar-refractivity contribution in [3.8, 4) is 0 Å². The maximum Gasteiger partial charge on any atom is 0.251 e. The Morgan fingerprint density at radius 2 is 1.76 bits per heavy atom. The van der Waals surface area contributed by atoms with Crippen molar-refractivity contribution >= 4 is 11.8 Å². The number of nitrogens with one attached hydrogen (secondary N) is 1. The van der Waals surface area contributed by atoms with Gasteiger partial charge in [0.15, 0.2) is 0 Å². The summed E-state index contributed by atoms with van der Waals surface area (Å²) in [5.74, 6) is -0.296. The lowest BCUT2D eigenvalue weighted by Gasteiger charge is -2.35. The van der Waals surface area contributed by atoms with Gasteiger partial charge in [0, 0.05) is 18.7 Å². The quantitative estimate of drug-likeness (QED) is 0.914. The van der Waals surface area contributed by atoms with Crippen LogP contribution in [0.2, 0.25) is 0 Å². The Hall–Kier alpha value is -1.88. The molecule has 1 fully saturated rings. The molecule has 1 aromatic rings. The van der Waals surface area contributed by atoms with Crippen LogP contribution in [0.4, 0.5) is 0 Å². The van der Waals surface area contributed by atoms with Crippen molar-refractivity contribution in [1.29, 1.82) is 0 Å². The van der Waals surface area contributed by atoms with Gasteiger partial charge in [-0.15, -0.1) is 0 Å². The Morgan fingerprint density at radius 3 is 2.33 bits per heavy atom. The maximum atomic E-state index is 12.1. The molecule has 0 saturated carbocycles. The summed E-state index contributed by atoms with van der Waals surface area (Å²) < 4.78 is 5.59. The van der Waals surface area contributed by atoms with Crippen LogP contribution in [0.3, 0.4) is 0 Å². The normalized spacial score (nSPS) is 22.0. The van der Waals surface area contributed by atoms with Crippen LogP contribution >= 0.6 is 0 Å². The van der Waals surface area contributed by atoms with Gasteiger partial charge in [-0.25, -0.2) is 0 Å². The Kier molecular flexibility index (Phi) is 4.96. The Morgan fingerprint density at radius 1 is 1.19 bits per heavy atom. The maximum absolute atomic E-state index is 12.1. The van der Waals surface area contributed by atoms with Crippen molar-refractivity contribution in [2.24, 2.45) is 0 Å². The van der Waals surface area contributed by atoms with Gasteiger partial charge in [0.05, 0.1) is 18.8 Å². The fraction of sp³-hybridized carbons (Fsp3) is 0.500. The van der Waals surface area contributed by atoms with Crippen LogP contribution in [0.1, 0.15) is 29.8 Å². The number of nitrogens with zero attached hydrogens (tertiary/aromatic N) is 1. The molecule has 114 valence electrons. The summed E-state index contributed by atoms with van der Waals surface area (Å²) in [4.78, 5) is 25.8. The van der Waals surface area contributed by atoms with Crippen LogP contribution in [0.5, 0.6) is 0 Å². The van der Waals surface area contributed by atoms with Crippen molar-refractivity contribution in [3.63, 3.8) is 0 Å². The number of ether oxygens (including phenoxy) is 1. The zero-order valence-corrected chi connectivity index (χ0v) is 12.8. The van der Waals surface area contributed by atoms with Gasteiger partial charge in [-0.2, -0.15) is 0 Å². The number of hydrogen-bond acceptors (Lipinski definition) is 3. The van der Waals surface area contributed by atoms with Gasteiger partial charge in [-0.3, -0.25) is 9.59 Å². The van der Waals surface area contributed by atoms with E-state index in [1.165, 1.54) is 0 Å². The monoisotopic (exact) mass is 290 g/mol. The smallest absolute Gasteiger partial charge is 0.251 e. The Bertz CT molecular complexity index is 503. The standard InChI is InChI=1S/C16H22N2O3/c1-11-4-6-14(7-5-11)16(20)17-8-15(19)18-9-12(2)21-13(3)10-18/h4-7,12-13H,8-10H2,1-3H3,(H,17,20)/t12-,13+. The minimum Gasteiger partial charge on any atom is -0.372 e. The highest BCUT2D eigenvalue weighted by Crippen LogP contribution is 2.10. The van der Waals surface area contributed by atoms with Crippen LogP contribution in [0.25, 0.3) is 0 Å². The molecule has 21 heavy (non-hydrogen) atoms. The molecule has 5 nitrogen and oxygen atoms in total. The van der Waals surface area contributed by atoms with Crippen molar-refractivity contribution in [3.05, 3.63) is 35.4 Å². The van der Waals surface area contributed by atoms with Crippen molar-refractivity contribution < 1.29 is 14.3 Å². The molecule has 2 rings (SSSR count). The highest BCUT2D eigenvalue weighted by Gasteiger charge is 2.25. The largest absolute Gasteiger partial charge is 0.372 e. The number of benzene rings is 1. The van der Waals surface area contributed by atoms with Gasteiger partial charge in [0.1, 0.15) is 0 Å². The highest BCUT2D eigenvalue weighted by molar-refractivity contribution is 5.96. The third-order valence-electron chi connectivity index (χ3n) is 3.49. The topological polar surface area (TPSA) is 58.6 Å². The van der Waals surface area contributed by atoms with Crippen molar-refractivity contribution in [1.82, 2.24) is 10.2 Å². The second kappa shape index (κ2) is 6.72. The first-order valence-corrected chi connectivity index (χ1v) is 7.24. The van der Waals surface area contributed by atoms with E-state index in [-0.39, 0.29) is 30.6 Å². The zero-order valence-electron chi connectivity index (χ0n) is 12.8. The first kappa shape index (κ1) is 15.5. The lowest BCUT2D eigenvalue weighted by molar-refractivity contribution is -0.142. The molecule has 5 heteroatoms. The number of amides is 2. The predicted molar refractivity (Wildman–Crippen MR) is 80.1 cm³/mol. The first-order valence-electron chi connectivity index (χ1n) is 7.24. The highest BCUT2D eigenvalue weighted by atomic mass is 16.5. The van der Waals surface area contributed by atoms with E-state index in [0.717, 1.165) is 5.56 Å². The van der Waals surface area contributed by atoms with Crippen LogP contribution in [-0.2, 0) is 9.53 Å². The zero-order chi connectivity index (χ0) is 15.4. The van der Waals surface area contributed by atoms with E-state index < -0.39 is 0 Å². The summed E-state index contributed by atoms with van der Waals surface area (Å²) >= 11 is 0. The van der Waals surface area contributed by atoms with Gasteiger partial charge in [-0.05, 0) is 32.9 Å². The Labute approximate surface area is 125 Å². The summed E-state index contributed by atoms with van der Waals surface area (Å²) in [6.45, 7) is 7.02. The summed E-state index contributed by atoms with van der Waals surface area (Å²) in [5, 5.41) is 2.67. The molecule has 1 aromatic carbocycles. The van der Waals surface area contributed by atoms with Crippen molar-refractivity contribution in [2.45, 2.75) is 33.0 Å². The molecule has 0 radical (unpaired) electrons. The lowest BCUT2D eigenvalue weighted by Crippen LogP contribution is -2.51. The van der Waals surface area contributed by atoms with E-state index in [4.69, 9.17) is 4.74 Å². The fourth-order valence-electron chi connectivity index (χ4n) is 2.46. The second-order valence-corrected chi connectivity index (χ2v) is 5.60. The molecular formula is C16H22N2O3. The van der Waals surface area contributed by atoms with Gasteiger partial charge in [-0.1, -0.05) is 17.7 Å². The SMILES string of the molecule is Cc1ccc(C(=O)NCC(=O)N2C[C@@H](C)O[C@@H](C)C2)cc1. The summed E-state index contributed by atoms with van der Waals surface area (Å²) in [6.07, 6.45) is 0.0657. The number of rotatable bonds is 3. The van der Waals surface area contributed by atoms with Crippen LogP contribution in [0.15, 0.2) is 24.3 Å². The lowest BCUT2D eigenvalue weighted by atomic mass is 10.1. The van der Waals surface area contributed by atoms with E-state index in [1.807, 2.05) is 32.9 Å². The predicted octanol–water partition coefficient (Wildman–Crippen LogP) is 1.36. The fourth-order valence-corrected chi connectivity index (χ4v) is 2.46. The van der Waals surface area contributed by atoms with Gasteiger partial charge < -0.3 is 15.0 Å². The average Bonchev–Trinajstić information content (AvgIpc) is 2.44. The molecule has 2 amide bonds. The molecule has 1 aliphatic heterocycles. The molecule has 0 bridgehead atoms.